The lowest BCUT2D eigenvalue weighted by Crippen LogP contribution is -2.28. The Labute approximate surface area is 150 Å². The summed E-state index contributed by atoms with van der Waals surface area (Å²) in [6, 6.07) is 17.1. The van der Waals surface area contributed by atoms with E-state index in [0.717, 1.165) is 27.7 Å². The number of hydrogen-bond acceptors (Lipinski definition) is 3. The summed E-state index contributed by atoms with van der Waals surface area (Å²) in [7, 11) is 0. The van der Waals surface area contributed by atoms with Crippen LogP contribution in [0.3, 0.4) is 0 Å². The van der Waals surface area contributed by atoms with Crippen molar-refractivity contribution in [2.75, 3.05) is 5.32 Å². The number of carbonyl (C=O) groups excluding carboxylic acids is 1. The highest BCUT2D eigenvalue weighted by atomic mass is 16.2. The SMILES string of the molecule is O=C(NCc1ccc(-n2cccn2)cc1)Nc1cccc2cnccc12. The molecule has 4 aromatic rings. The third-order valence-electron chi connectivity index (χ3n) is 4.09. The van der Waals surface area contributed by atoms with Crippen molar-refractivity contribution in [2.24, 2.45) is 0 Å². The standard InChI is InChI=1S/C20H17N5O/c26-20(24-19-4-1-3-16-14-21-11-9-18(16)19)22-13-15-5-7-17(8-6-15)25-12-2-10-23-25/h1-12,14H,13H2,(H2,22,24,26). The number of nitrogens with zero attached hydrogens (tertiary/aromatic N) is 3. The first kappa shape index (κ1) is 15.8. The van der Waals surface area contributed by atoms with E-state index in [9.17, 15) is 4.79 Å². The van der Waals surface area contributed by atoms with Gasteiger partial charge in [0.1, 0.15) is 0 Å². The summed E-state index contributed by atoms with van der Waals surface area (Å²) in [6.07, 6.45) is 7.12. The van der Waals surface area contributed by atoms with Gasteiger partial charge in [0, 0.05) is 42.1 Å². The van der Waals surface area contributed by atoms with E-state index in [1.54, 1.807) is 23.3 Å². The van der Waals surface area contributed by atoms with E-state index in [1.165, 1.54) is 0 Å². The number of hydrogen-bond donors (Lipinski definition) is 2. The van der Waals surface area contributed by atoms with Crippen LogP contribution in [0.5, 0.6) is 0 Å². The molecular formula is C20H17N5O. The predicted octanol–water partition coefficient (Wildman–Crippen LogP) is 3.74. The molecule has 2 amide bonds. The van der Waals surface area contributed by atoms with E-state index in [2.05, 4.69) is 20.7 Å². The van der Waals surface area contributed by atoms with Crippen LogP contribution in [-0.4, -0.2) is 20.8 Å². The normalized spacial score (nSPS) is 10.6. The Morgan fingerprint density at radius 2 is 1.88 bits per heavy atom. The van der Waals surface area contributed by atoms with Gasteiger partial charge in [-0.3, -0.25) is 4.98 Å². The fourth-order valence-electron chi connectivity index (χ4n) is 2.77. The van der Waals surface area contributed by atoms with Crippen molar-refractivity contribution in [3.8, 4) is 5.69 Å². The summed E-state index contributed by atoms with van der Waals surface area (Å²) < 4.78 is 1.79. The van der Waals surface area contributed by atoms with Crippen molar-refractivity contribution < 1.29 is 4.79 Å². The van der Waals surface area contributed by atoms with E-state index in [-0.39, 0.29) is 6.03 Å². The van der Waals surface area contributed by atoms with Crippen LogP contribution in [0.4, 0.5) is 10.5 Å². The van der Waals surface area contributed by atoms with Crippen LogP contribution < -0.4 is 10.6 Å². The zero-order valence-corrected chi connectivity index (χ0v) is 14.0. The molecule has 2 aromatic heterocycles. The van der Waals surface area contributed by atoms with Gasteiger partial charge in [-0.25, -0.2) is 9.48 Å². The van der Waals surface area contributed by atoms with E-state index in [4.69, 9.17) is 0 Å². The quantitative estimate of drug-likeness (QED) is 0.593. The van der Waals surface area contributed by atoms with Gasteiger partial charge in [-0.05, 0) is 35.9 Å². The van der Waals surface area contributed by atoms with Gasteiger partial charge < -0.3 is 10.6 Å². The Hall–Kier alpha value is -3.67. The lowest BCUT2D eigenvalue weighted by Gasteiger charge is -2.10. The van der Waals surface area contributed by atoms with Crippen LogP contribution in [0.25, 0.3) is 16.5 Å². The van der Waals surface area contributed by atoms with Crippen LogP contribution in [0.15, 0.2) is 79.4 Å². The first-order valence-corrected chi connectivity index (χ1v) is 8.26. The van der Waals surface area contributed by atoms with Crippen molar-refractivity contribution in [2.45, 2.75) is 6.54 Å². The van der Waals surface area contributed by atoms with Gasteiger partial charge in [0.25, 0.3) is 0 Å². The number of carbonyl (C=O) groups is 1. The molecule has 4 rings (SSSR count). The van der Waals surface area contributed by atoms with Gasteiger partial charge >= 0.3 is 6.03 Å². The van der Waals surface area contributed by atoms with E-state index < -0.39 is 0 Å². The van der Waals surface area contributed by atoms with Gasteiger partial charge in [-0.2, -0.15) is 5.10 Å². The first-order chi connectivity index (χ1) is 12.8. The Bertz CT molecular complexity index is 1020. The number of urea groups is 1. The molecule has 0 saturated heterocycles. The molecule has 0 aliphatic rings. The van der Waals surface area contributed by atoms with Crippen LogP contribution in [-0.2, 0) is 6.54 Å². The molecule has 0 aliphatic carbocycles. The number of anilines is 1. The second-order valence-corrected chi connectivity index (χ2v) is 5.83. The van der Waals surface area contributed by atoms with Crippen LogP contribution in [0.2, 0.25) is 0 Å². The van der Waals surface area contributed by atoms with Crippen LogP contribution in [0, 0.1) is 0 Å². The molecule has 6 nitrogen and oxygen atoms in total. The van der Waals surface area contributed by atoms with Crippen molar-refractivity contribution in [1.82, 2.24) is 20.1 Å². The molecule has 0 atom stereocenters. The fourth-order valence-corrected chi connectivity index (χ4v) is 2.77. The largest absolute Gasteiger partial charge is 0.334 e. The molecule has 0 bridgehead atoms. The molecule has 0 radical (unpaired) electrons. The second kappa shape index (κ2) is 7.06. The molecular weight excluding hydrogens is 326 g/mol. The number of rotatable bonds is 4. The summed E-state index contributed by atoms with van der Waals surface area (Å²) in [5.41, 5.74) is 2.75. The van der Waals surface area contributed by atoms with E-state index in [1.807, 2.05) is 60.8 Å². The molecule has 0 saturated carbocycles. The van der Waals surface area contributed by atoms with Crippen LogP contribution in [0.1, 0.15) is 5.56 Å². The van der Waals surface area contributed by atoms with Gasteiger partial charge in [-0.15, -0.1) is 0 Å². The molecule has 2 aromatic carbocycles. The molecule has 0 spiro atoms. The first-order valence-electron chi connectivity index (χ1n) is 8.26. The molecule has 26 heavy (non-hydrogen) atoms. The Kier molecular flexibility index (Phi) is 4.30. The molecule has 2 N–H and O–H groups in total. The van der Waals surface area contributed by atoms with Crippen molar-refractivity contribution in [1.29, 1.82) is 0 Å². The van der Waals surface area contributed by atoms with Crippen LogP contribution >= 0.6 is 0 Å². The summed E-state index contributed by atoms with van der Waals surface area (Å²) in [6.45, 7) is 0.442. The van der Waals surface area contributed by atoms with Gasteiger partial charge in [0.15, 0.2) is 0 Å². The maximum Gasteiger partial charge on any atom is 0.319 e. The van der Waals surface area contributed by atoms with E-state index >= 15 is 0 Å². The monoisotopic (exact) mass is 343 g/mol. The lowest BCUT2D eigenvalue weighted by molar-refractivity contribution is 0.252. The highest BCUT2D eigenvalue weighted by Gasteiger charge is 2.05. The maximum atomic E-state index is 12.2. The topological polar surface area (TPSA) is 71.8 Å². The minimum Gasteiger partial charge on any atom is -0.334 e. The summed E-state index contributed by atoms with van der Waals surface area (Å²) in [5, 5.41) is 11.9. The lowest BCUT2D eigenvalue weighted by atomic mass is 10.1. The molecule has 6 heteroatoms. The molecule has 0 unspecified atom stereocenters. The number of amides is 2. The summed E-state index contributed by atoms with van der Waals surface area (Å²) >= 11 is 0. The van der Waals surface area contributed by atoms with Gasteiger partial charge in [-0.1, -0.05) is 24.3 Å². The van der Waals surface area contributed by atoms with Gasteiger partial charge in [0.05, 0.1) is 11.4 Å². The zero-order chi connectivity index (χ0) is 17.8. The summed E-state index contributed by atoms with van der Waals surface area (Å²) in [4.78, 5) is 16.3. The number of nitrogens with one attached hydrogen (secondary N) is 2. The zero-order valence-electron chi connectivity index (χ0n) is 14.0. The molecule has 0 aliphatic heterocycles. The Balaban J connectivity index is 1.39. The molecule has 2 heterocycles. The average Bonchev–Trinajstić information content (AvgIpc) is 3.22. The molecule has 128 valence electrons. The number of fused-ring (bicyclic) bond motifs is 1. The minimum absolute atomic E-state index is 0.245. The Morgan fingerprint density at radius 1 is 1.00 bits per heavy atom. The van der Waals surface area contributed by atoms with Crippen molar-refractivity contribution in [3.05, 3.63) is 84.9 Å². The highest BCUT2D eigenvalue weighted by Crippen LogP contribution is 2.21. The van der Waals surface area contributed by atoms with Crippen molar-refractivity contribution in [3.63, 3.8) is 0 Å². The third-order valence-corrected chi connectivity index (χ3v) is 4.09. The highest BCUT2D eigenvalue weighted by molar-refractivity contribution is 6.01. The maximum absolute atomic E-state index is 12.2. The van der Waals surface area contributed by atoms with Crippen molar-refractivity contribution >= 4 is 22.5 Å². The van der Waals surface area contributed by atoms with E-state index in [0.29, 0.717) is 6.54 Å². The van der Waals surface area contributed by atoms with Gasteiger partial charge in [0.2, 0.25) is 0 Å². The Morgan fingerprint density at radius 3 is 2.69 bits per heavy atom. The number of aromatic nitrogens is 3. The fraction of sp³-hybridized carbons (Fsp3) is 0.0500. The molecule has 0 fully saturated rings. The number of pyridine rings is 1. The minimum atomic E-state index is -0.245. The summed E-state index contributed by atoms with van der Waals surface area (Å²) in [5.74, 6) is 0. The number of benzene rings is 2. The predicted molar refractivity (Wildman–Crippen MR) is 101 cm³/mol. The average molecular weight is 343 g/mol. The second-order valence-electron chi connectivity index (χ2n) is 5.83. The smallest absolute Gasteiger partial charge is 0.319 e. The third kappa shape index (κ3) is 3.39.